The number of imidazole rings is 1. The standard InChI is InChI=1S/C19H22N4/c1-14-5-4-6-16(13-14)20-15-9-11-23(12-10-15)19-21-17-7-2-3-8-18(17)22-19/h2-8,13,15,20H,9-12H2,1H3,(H,21,22). The highest BCUT2D eigenvalue weighted by Crippen LogP contribution is 2.22. The van der Waals surface area contributed by atoms with Crippen LogP contribution in [0, 0.1) is 6.92 Å². The van der Waals surface area contributed by atoms with E-state index in [1.54, 1.807) is 0 Å². The molecule has 1 aromatic heterocycles. The summed E-state index contributed by atoms with van der Waals surface area (Å²) in [5.74, 6) is 1.00. The first-order valence-corrected chi connectivity index (χ1v) is 8.31. The lowest BCUT2D eigenvalue weighted by Crippen LogP contribution is -2.39. The Balaban J connectivity index is 1.40. The molecule has 1 saturated heterocycles. The second-order valence-electron chi connectivity index (χ2n) is 6.35. The van der Waals surface area contributed by atoms with E-state index in [-0.39, 0.29) is 0 Å². The molecule has 0 bridgehead atoms. The van der Waals surface area contributed by atoms with E-state index < -0.39 is 0 Å². The molecule has 0 atom stereocenters. The Morgan fingerprint density at radius 1 is 1.09 bits per heavy atom. The smallest absolute Gasteiger partial charge is 0.203 e. The molecule has 23 heavy (non-hydrogen) atoms. The molecule has 0 aliphatic carbocycles. The van der Waals surface area contributed by atoms with E-state index >= 15 is 0 Å². The van der Waals surface area contributed by atoms with Gasteiger partial charge in [0.2, 0.25) is 5.95 Å². The minimum atomic E-state index is 0.539. The summed E-state index contributed by atoms with van der Waals surface area (Å²) >= 11 is 0. The summed E-state index contributed by atoms with van der Waals surface area (Å²) in [5.41, 5.74) is 4.69. The van der Waals surface area contributed by atoms with Gasteiger partial charge in [0.15, 0.2) is 0 Å². The third kappa shape index (κ3) is 3.02. The topological polar surface area (TPSA) is 44.0 Å². The first-order valence-electron chi connectivity index (χ1n) is 8.31. The number of benzene rings is 2. The fourth-order valence-electron chi connectivity index (χ4n) is 3.30. The van der Waals surface area contributed by atoms with E-state index in [0.717, 1.165) is 42.9 Å². The molecular formula is C19H22N4. The Kier molecular flexibility index (Phi) is 3.66. The molecule has 0 saturated carbocycles. The normalized spacial score (nSPS) is 16.0. The molecule has 2 aromatic carbocycles. The lowest BCUT2D eigenvalue weighted by molar-refractivity contribution is 0.521. The van der Waals surface area contributed by atoms with E-state index in [0.29, 0.717) is 6.04 Å². The van der Waals surface area contributed by atoms with Crippen molar-refractivity contribution in [1.29, 1.82) is 0 Å². The first-order chi connectivity index (χ1) is 11.3. The van der Waals surface area contributed by atoms with Gasteiger partial charge in [0.05, 0.1) is 11.0 Å². The van der Waals surface area contributed by atoms with Crippen molar-refractivity contribution in [3.8, 4) is 0 Å². The molecule has 4 rings (SSSR count). The van der Waals surface area contributed by atoms with Crippen LogP contribution in [0.1, 0.15) is 18.4 Å². The number of aryl methyl sites for hydroxylation is 1. The zero-order chi connectivity index (χ0) is 15.6. The van der Waals surface area contributed by atoms with Gasteiger partial charge in [0, 0.05) is 24.8 Å². The second-order valence-corrected chi connectivity index (χ2v) is 6.35. The van der Waals surface area contributed by atoms with Crippen LogP contribution in [0.5, 0.6) is 0 Å². The van der Waals surface area contributed by atoms with Crippen molar-refractivity contribution in [1.82, 2.24) is 9.97 Å². The maximum atomic E-state index is 4.71. The van der Waals surface area contributed by atoms with Crippen LogP contribution in [-0.2, 0) is 0 Å². The summed E-state index contributed by atoms with van der Waals surface area (Å²) in [6, 6.07) is 17.4. The SMILES string of the molecule is Cc1cccc(NC2CCN(c3nc4ccccc4[nH]3)CC2)c1. The predicted octanol–water partition coefficient (Wildman–Crippen LogP) is 3.95. The first kappa shape index (κ1) is 14.1. The second kappa shape index (κ2) is 5.95. The number of H-pyrrole nitrogens is 1. The Morgan fingerprint density at radius 2 is 1.91 bits per heavy atom. The number of hydrogen-bond donors (Lipinski definition) is 2. The summed E-state index contributed by atoms with van der Waals surface area (Å²) in [6.45, 7) is 4.20. The van der Waals surface area contributed by atoms with Crippen LogP contribution < -0.4 is 10.2 Å². The molecule has 1 fully saturated rings. The summed E-state index contributed by atoms with van der Waals surface area (Å²) in [6.07, 6.45) is 2.26. The Hall–Kier alpha value is -2.49. The number of piperidine rings is 1. The van der Waals surface area contributed by atoms with Crippen LogP contribution in [0.3, 0.4) is 0 Å². The number of rotatable bonds is 3. The van der Waals surface area contributed by atoms with Gasteiger partial charge in [0.25, 0.3) is 0 Å². The van der Waals surface area contributed by atoms with Crippen LogP contribution >= 0.6 is 0 Å². The summed E-state index contributed by atoms with van der Waals surface area (Å²) in [7, 11) is 0. The maximum Gasteiger partial charge on any atom is 0.203 e. The molecule has 118 valence electrons. The zero-order valence-corrected chi connectivity index (χ0v) is 13.4. The third-order valence-electron chi connectivity index (χ3n) is 4.56. The molecular weight excluding hydrogens is 284 g/mol. The molecule has 1 aliphatic rings. The van der Waals surface area contributed by atoms with Crippen LogP contribution in [-0.4, -0.2) is 29.1 Å². The highest BCUT2D eigenvalue weighted by Gasteiger charge is 2.21. The molecule has 0 amide bonds. The van der Waals surface area contributed by atoms with Gasteiger partial charge in [-0.2, -0.15) is 0 Å². The van der Waals surface area contributed by atoms with Crippen molar-refractivity contribution in [2.75, 3.05) is 23.3 Å². The quantitative estimate of drug-likeness (QED) is 0.770. The van der Waals surface area contributed by atoms with Crippen LogP contribution in [0.25, 0.3) is 11.0 Å². The number of nitrogens with zero attached hydrogens (tertiary/aromatic N) is 2. The van der Waals surface area contributed by atoms with Crippen molar-refractivity contribution < 1.29 is 0 Å². The van der Waals surface area contributed by atoms with E-state index in [1.165, 1.54) is 11.3 Å². The van der Waals surface area contributed by atoms with Crippen molar-refractivity contribution >= 4 is 22.7 Å². The molecule has 0 unspecified atom stereocenters. The van der Waals surface area contributed by atoms with Crippen LogP contribution in [0.4, 0.5) is 11.6 Å². The van der Waals surface area contributed by atoms with Gasteiger partial charge in [-0.3, -0.25) is 0 Å². The van der Waals surface area contributed by atoms with Gasteiger partial charge >= 0.3 is 0 Å². The Labute approximate surface area is 136 Å². The van der Waals surface area contributed by atoms with Gasteiger partial charge in [-0.1, -0.05) is 24.3 Å². The van der Waals surface area contributed by atoms with Crippen LogP contribution in [0.2, 0.25) is 0 Å². The maximum absolute atomic E-state index is 4.71. The highest BCUT2D eigenvalue weighted by atomic mass is 15.3. The fraction of sp³-hybridized carbons (Fsp3) is 0.316. The van der Waals surface area contributed by atoms with Crippen molar-refractivity contribution in [3.05, 3.63) is 54.1 Å². The lowest BCUT2D eigenvalue weighted by Gasteiger charge is -2.32. The summed E-state index contributed by atoms with van der Waals surface area (Å²) in [5, 5.41) is 3.66. The largest absolute Gasteiger partial charge is 0.382 e. The average molecular weight is 306 g/mol. The van der Waals surface area contributed by atoms with Gasteiger partial charge in [-0.05, 0) is 49.6 Å². The minimum absolute atomic E-state index is 0.539. The molecule has 4 nitrogen and oxygen atoms in total. The molecule has 2 heterocycles. The minimum Gasteiger partial charge on any atom is -0.382 e. The molecule has 4 heteroatoms. The molecule has 1 aliphatic heterocycles. The van der Waals surface area contributed by atoms with Gasteiger partial charge in [-0.25, -0.2) is 4.98 Å². The van der Waals surface area contributed by atoms with E-state index in [2.05, 4.69) is 58.5 Å². The van der Waals surface area contributed by atoms with Crippen molar-refractivity contribution in [2.24, 2.45) is 0 Å². The number of hydrogen-bond acceptors (Lipinski definition) is 3. The molecule has 0 radical (unpaired) electrons. The molecule has 3 aromatic rings. The average Bonchev–Trinajstić information content (AvgIpc) is 2.99. The number of aromatic nitrogens is 2. The monoisotopic (exact) mass is 306 g/mol. The summed E-state index contributed by atoms with van der Waals surface area (Å²) < 4.78 is 0. The van der Waals surface area contributed by atoms with E-state index in [1.807, 2.05) is 12.1 Å². The van der Waals surface area contributed by atoms with Gasteiger partial charge in [-0.15, -0.1) is 0 Å². The number of para-hydroxylation sites is 2. The van der Waals surface area contributed by atoms with Crippen molar-refractivity contribution in [2.45, 2.75) is 25.8 Å². The summed E-state index contributed by atoms with van der Waals surface area (Å²) in [4.78, 5) is 10.5. The predicted molar refractivity (Wildman–Crippen MR) is 96.1 cm³/mol. The van der Waals surface area contributed by atoms with Crippen molar-refractivity contribution in [3.63, 3.8) is 0 Å². The van der Waals surface area contributed by atoms with Gasteiger partial charge in [0.1, 0.15) is 0 Å². The third-order valence-corrected chi connectivity index (χ3v) is 4.56. The number of fused-ring (bicyclic) bond motifs is 1. The number of anilines is 2. The van der Waals surface area contributed by atoms with Crippen LogP contribution in [0.15, 0.2) is 48.5 Å². The molecule has 0 spiro atoms. The Bertz CT molecular complexity index is 767. The van der Waals surface area contributed by atoms with E-state index in [4.69, 9.17) is 4.98 Å². The highest BCUT2D eigenvalue weighted by molar-refractivity contribution is 5.77. The van der Waals surface area contributed by atoms with Gasteiger partial charge < -0.3 is 15.2 Å². The number of nitrogens with one attached hydrogen (secondary N) is 2. The lowest BCUT2D eigenvalue weighted by atomic mass is 10.0. The zero-order valence-electron chi connectivity index (χ0n) is 13.4. The fourth-order valence-corrected chi connectivity index (χ4v) is 3.30. The number of aromatic amines is 1. The Morgan fingerprint density at radius 3 is 2.70 bits per heavy atom. The van der Waals surface area contributed by atoms with E-state index in [9.17, 15) is 0 Å². The molecule has 2 N–H and O–H groups in total.